The van der Waals surface area contributed by atoms with Crippen molar-refractivity contribution in [1.82, 2.24) is 10.2 Å². The van der Waals surface area contributed by atoms with Crippen LogP contribution in [0.15, 0.2) is 24.3 Å². The van der Waals surface area contributed by atoms with Gasteiger partial charge in [0.05, 0.1) is 7.11 Å². The van der Waals surface area contributed by atoms with Gasteiger partial charge in [0, 0.05) is 13.1 Å². The summed E-state index contributed by atoms with van der Waals surface area (Å²) in [5.41, 5.74) is 2.23. The molecule has 0 bridgehead atoms. The molecule has 4 nitrogen and oxygen atoms in total. The first-order chi connectivity index (χ1) is 10.2. The molecule has 4 heteroatoms. The fourth-order valence-corrected chi connectivity index (χ4v) is 2.31. The van der Waals surface area contributed by atoms with Crippen molar-refractivity contribution < 1.29 is 9.53 Å². The van der Waals surface area contributed by atoms with Crippen LogP contribution in [-0.2, 0) is 16.0 Å². The zero-order chi connectivity index (χ0) is 15.7. The van der Waals surface area contributed by atoms with E-state index in [2.05, 4.69) is 43.1 Å². The number of carbonyl (C=O) groups excluding carboxylic acids is 1. The summed E-state index contributed by atoms with van der Waals surface area (Å²) in [6, 6.07) is 7.75. The van der Waals surface area contributed by atoms with Crippen LogP contribution in [0.3, 0.4) is 0 Å². The summed E-state index contributed by atoms with van der Waals surface area (Å²) in [4.78, 5) is 14.3. The Morgan fingerprint density at radius 3 is 2.29 bits per heavy atom. The second-order valence-electron chi connectivity index (χ2n) is 5.03. The first-order valence-corrected chi connectivity index (χ1v) is 7.78. The third-order valence-electron chi connectivity index (χ3n) is 3.83. The first-order valence-electron chi connectivity index (χ1n) is 7.78. The first kappa shape index (κ1) is 17.7. The normalized spacial score (nSPS) is 12.4. The number of nitrogens with zero attached hydrogens (tertiary/aromatic N) is 1. The Labute approximate surface area is 128 Å². The van der Waals surface area contributed by atoms with Gasteiger partial charge in [-0.25, -0.2) is 4.79 Å². The molecule has 0 radical (unpaired) electrons. The Balaban J connectivity index is 2.69. The van der Waals surface area contributed by atoms with Crippen molar-refractivity contribution in [2.75, 3.05) is 33.3 Å². The van der Waals surface area contributed by atoms with Crippen molar-refractivity contribution in [1.29, 1.82) is 0 Å². The van der Waals surface area contributed by atoms with Gasteiger partial charge in [-0.05, 0) is 30.6 Å². The Morgan fingerprint density at radius 2 is 1.81 bits per heavy atom. The summed E-state index contributed by atoms with van der Waals surface area (Å²) in [5.74, 6) is -0.237. The van der Waals surface area contributed by atoms with Gasteiger partial charge in [-0.1, -0.05) is 45.0 Å². The predicted molar refractivity (Wildman–Crippen MR) is 86.4 cm³/mol. The smallest absolute Gasteiger partial charge is 0.327 e. The lowest BCUT2D eigenvalue weighted by atomic mass is 10.0. The summed E-state index contributed by atoms with van der Waals surface area (Å²) >= 11 is 0. The van der Waals surface area contributed by atoms with Gasteiger partial charge in [0.15, 0.2) is 0 Å². The van der Waals surface area contributed by atoms with E-state index in [1.54, 1.807) is 0 Å². The molecule has 0 saturated carbocycles. The standard InChI is InChI=1S/C17H28N2O2/c1-5-14-8-10-15(11-9-14)16(17(20)21-4)18-12-13-19(6-2)7-3/h8-11,16,18H,5-7,12-13H2,1-4H3. The monoisotopic (exact) mass is 292 g/mol. The molecule has 0 amide bonds. The van der Waals surface area contributed by atoms with Gasteiger partial charge in [0.25, 0.3) is 0 Å². The van der Waals surface area contributed by atoms with E-state index in [-0.39, 0.29) is 5.97 Å². The van der Waals surface area contributed by atoms with E-state index in [9.17, 15) is 4.79 Å². The average molecular weight is 292 g/mol. The highest BCUT2D eigenvalue weighted by atomic mass is 16.5. The highest BCUT2D eigenvalue weighted by Gasteiger charge is 2.20. The molecule has 1 N–H and O–H groups in total. The fourth-order valence-electron chi connectivity index (χ4n) is 2.31. The summed E-state index contributed by atoms with van der Waals surface area (Å²) in [5, 5.41) is 3.31. The molecule has 0 saturated heterocycles. The number of ether oxygens (including phenoxy) is 1. The highest BCUT2D eigenvalue weighted by Crippen LogP contribution is 2.15. The van der Waals surface area contributed by atoms with Gasteiger partial charge in [0.2, 0.25) is 0 Å². The lowest BCUT2D eigenvalue weighted by Gasteiger charge is -2.21. The third-order valence-corrected chi connectivity index (χ3v) is 3.83. The number of esters is 1. The van der Waals surface area contributed by atoms with Gasteiger partial charge < -0.3 is 9.64 Å². The molecular weight excluding hydrogens is 264 g/mol. The Bertz CT molecular complexity index is 413. The van der Waals surface area contributed by atoms with Crippen molar-refractivity contribution in [2.24, 2.45) is 0 Å². The zero-order valence-electron chi connectivity index (χ0n) is 13.7. The Kier molecular flexibility index (Phi) is 8.01. The second kappa shape index (κ2) is 9.53. The molecular formula is C17H28N2O2. The van der Waals surface area contributed by atoms with Crippen molar-refractivity contribution in [3.8, 4) is 0 Å². The van der Waals surface area contributed by atoms with Crippen LogP contribution in [0.25, 0.3) is 0 Å². The maximum Gasteiger partial charge on any atom is 0.327 e. The van der Waals surface area contributed by atoms with Crippen LogP contribution in [0.4, 0.5) is 0 Å². The number of nitrogens with one attached hydrogen (secondary N) is 1. The molecule has 118 valence electrons. The fraction of sp³-hybridized carbons (Fsp3) is 0.588. The minimum absolute atomic E-state index is 0.237. The SMILES string of the molecule is CCc1ccc(C(NCCN(CC)CC)C(=O)OC)cc1. The minimum atomic E-state index is -0.392. The average Bonchev–Trinajstić information content (AvgIpc) is 2.54. The van der Waals surface area contributed by atoms with Gasteiger partial charge in [-0.2, -0.15) is 0 Å². The van der Waals surface area contributed by atoms with Gasteiger partial charge in [-0.15, -0.1) is 0 Å². The van der Waals surface area contributed by atoms with Crippen LogP contribution in [0, 0.1) is 0 Å². The van der Waals surface area contributed by atoms with Crippen molar-refractivity contribution in [3.05, 3.63) is 35.4 Å². The largest absolute Gasteiger partial charge is 0.468 e. The third kappa shape index (κ3) is 5.48. The second-order valence-corrected chi connectivity index (χ2v) is 5.03. The van der Waals surface area contributed by atoms with Gasteiger partial charge in [-0.3, -0.25) is 5.32 Å². The van der Waals surface area contributed by atoms with E-state index < -0.39 is 6.04 Å². The Hall–Kier alpha value is -1.39. The maximum absolute atomic E-state index is 12.0. The van der Waals surface area contributed by atoms with Crippen LogP contribution in [0.1, 0.15) is 37.9 Å². The molecule has 0 aliphatic carbocycles. The number of likely N-dealkylation sites (N-methyl/N-ethyl adjacent to an activating group) is 1. The highest BCUT2D eigenvalue weighted by molar-refractivity contribution is 5.77. The topological polar surface area (TPSA) is 41.6 Å². The van der Waals surface area contributed by atoms with E-state index in [1.165, 1.54) is 12.7 Å². The lowest BCUT2D eigenvalue weighted by Crippen LogP contribution is -2.36. The van der Waals surface area contributed by atoms with Crippen LogP contribution >= 0.6 is 0 Å². The molecule has 21 heavy (non-hydrogen) atoms. The van der Waals surface area contributed by atoms with Gasteiger partial charge in [0.1, 0.15) is 6.04 Å². The van der Waals surface area contributed by atoms with E-state index in [1.807, 2.05) is 12.1 Å². The van der Waals surface area contributed by atoms with Crippen LogP contribution in [0.5, 0.6) is 0 Å². The van der Waals surface area contributed by atoms with E-state index in [0.29, 0.717) is 0 Å². The number of aryl methyl sites for hydroxylation is 1. The van der Waals surface area contributed by atoms with Crippen molar-refractivity contribution >= 4 is 5.97 Å². The van der Waals surface area contributed by atoms with Crippen molar-refractivity contribution in [3.63, 3.8) is 0 Å². The number of carbonyl (C=O) groups is 1. The molecule has 0 aromatic heterocycles. The molecule has 0 aliphatic rings. The number of hydrogen-bond donors (Lipinski definition) is 1. The molecule has 1 unspecified atom stereocenters. The molecule has 0 fully saturated rings. The molecule has 0 heterocycles. The Morgan fingerprint density at radius 1 is 1.19 bits per heavy atom. The van der Waals surface area contributed by atoms with Gasteiger partial charge >= 0.3 is 5.97 Å². The molecule has 1 aromatic rings. The lowest BCUT2D eigenvalue weighted by molar-refractivity contribution is -0.143. The van der Waals surface area contributed by atoms with Crippen LogP contribution in [0.2, 0.25) is 0 Å². The molecule has 1 rings (SSSR count). The van der Waals surface area contributed by atoms with E-state index in [0.717, 1.165) is 38.2 Å². The number of hydrogen-bond acceptors (Lipinski definition) is 4. The van der Waals surface area contributed by atoms with E-state index >= 15 is 0 Å². The minimum Gasteiger partial charge on any atom is -0.468 e. The number of benzene rings is 1. The number of methoxy groups -OCH3 is 1. The quantitative estimate of drug-likeness (QED) is 0.710. The summed E-state index contributed by atoms with van der Waals surface area (Å²) in [6.07, 6.45) is 0.999. The molecule has 0 spiro atoms. The predicted octanol–water partition coefficient (Wildman–Crippen LogP) is 2.39. The maximum atomic E-state index is 12.0. The van der Waals surface area contributed by atoms with Crippen LogP contribution < -0.4 is 5.32 Å². The summed E-state index contributed by atoms with van der Waals surface area (Å²) in [6.45, 7) is 10.1. The zero-order valence-corrected chi connectivity index (χ0v) is 13.7. The summed E-state index contributed by atoms with van der Waals surface area (Å²) in [7, 11) is 1.43. The van der Waals surface area contributed by atoms with Crippen molar-refractivity contribution in [2.45, 2.75) is 33.2 Å². The summed E-state index contributed by atoms with van der Waals surface area (Å²) < 4.78 is 4.92. The molecule has 0 aliphatic heterocycles. The van der Waals surface area contributed by atoms with E-state index in [4.69, 9.17) is 4.74 Å². The molecule has 1 aromatic carbocycles. The number of rotatable bonds is 9. The van der Waals surface area contributed by atoms with Crippen LogP contribution in [-0.4, -0.2) is 44.2 Å². The molecule has 1 atom stereocenters.